The van der Waals surface area contributed by atoms with E-state index in [0.717, 1.165) is 18.5 Å². The van der Waals surface area contributed by atoms with Gasteiger partial charge < -0.3 is 5.32 Å². The van der Waals surface area contributed by atoms with Crippen molar-refractivity contribution in [1.82, 2.24) is 10.6 Å². The van der Waals surface area contributed by atoms with Crippen LogP contribution in [-0.2, 0) is 12.8 Å². The van der Waals surface area contributed by atoms with Gasteiger partial charge in [0.1, 0.15) is 0 Å². The number of thiocarbonyl (C=S) groups is 1. The third-order valence-electron chi connectivity index (χ3n) is 3.04. The third-order valence-corrected chi connectivity index (χ3v) is 3.25. The van der Waals surface area contributed by atoms with Gasteiger partial charge >= 0.3 is 0 Å². The van der Waals surface area contributed by atoms with Crippen molar-refractivity contribution in [2.45, 2.75) is 12.8 Å². The van der Waals surface area contributed by atoms with Gasteiger partial charge in [0.25, 0.3) is 0 Å². The Bertz CT molecular complexity index is 426. The molecule has 15 heavy (non-hydrogen) atoms. The van der Waals surface area contributed by atoms with Crippen molar-refractivity contribution in [3.8, 4) is 0 Å². The van der Waals surface area contributed by atoms with Gasteiger partial charge in [-0.25, -0.2) is 5.32 Å². The Labute approximate surface area is 94.4 Å². The van der Waals surface area contributed by atoms with Crippen LogP contribution in [0.2, 0.25) is 0 Å². The lowest BCUT2D eigenvalue weighted by Gasteiger charge is -2.07. The summed E-state index contributed by atoms with van der Waals surface area (Å²) in [5, 5.41) is 7.91. The van der Waals surface area contributed by atoms with Crippen molar-refractivity contribution in [3.05, 3.63) is 47.3 Å². The minimum atomic E-state index is 0.510. The summed E-state index contributed by atoms with van der Waals surface area (Å²) < 4.78 is 0. The summed E-state index contributed by atoms with van der Waals surface area (Å²) in [5.41, 5.74) is 4.02. The zero-order valence-corrected chi connectivity index (χ0v) is 9.05. The second-order valence-electron chi connectivity index (χ2n) is 4.00. The van der Waals surface area contributed by atoms with Crippen LogP contribution in [-0.4, -0.2) is 5.11 Å². The van der Waals surface area contributed by atoms with E-state index in [9.17, 15) is 0 Å². The highest BCUT2D eigenvalue weighted by atomic mass is 32.1. The quantitative estimate of drug-likeness (QED) is 0.722. The lowest BCUT2D eigenvalue weighted by atomic mass is 10.0. The number of allylic oxidation sites excluding steroid dienone is 1. The first kappa shape index (κ1) is 8.92. The van der Waals surface area contributed by atoms with Gasteiger partial charge in [-0.1, -0.05) is 24.3 Å². The molecule has 2 aliphatic rings. The lowest BCUT2D eigenvalue weighted by Crippen LogP contribution is -2.18. The summed E-state index contributed by atoms with van der Waals surface area (Å²) in [6, 6.07) is 8.61. The molecule has 1 aromatic carbocycles. The maximum atomic E-state index is 4.99. The van der Waals surface area contributed by atoms with Crippen LogP contribution < -0.4 is 10.6 Å². The van der Waals surface area contributed by atoms with Gasteiger partial charge in [0, 0.05) is 12.1 Å². The van der Waals surface area contributed by atoms with E-state index in [0.29, 0.717) is 11.0 Å². The molecule has 0 amide bonds. The first-order valence-electron chi connectivity index (χ1n) is 5.12. The minimum absolute atomic E-state index is 0.510. The van der Waals surface area contributed by atoms with Gasteiger partial charge in [-0.05, 0) is 36.2 Å². The molecule has 0 atom stereocenters. The van der Waals surface area contributed by atoms with E-state index < -0.39 is 0 Å². The number of nitrogens with zero attached hydrogens (tertiary/aromatic N) is 1. The van der Waals surface area contributed by atoms with E-state index >= 15 is 0 Å². The number of hydrogen-bond donors (Lipinski definition) is 1. The maximum Gasteiger partial charge on any atom is 0.197 e. The van der Waals surface area contributed by atoms with Crippen LogP contribution in [0.4, 0.5) is 0 Å². The fourth-order valence-electron chi connectivity index (χ4n) is 2.29. The van der Waals surface area contributed by atoms with Crippen molar-refractivity contribution in [2.75, 3.05) is 0 Å². The fourth-order valence-corrected chi connectivity index (χ4v) is 2.46. The Kier molecular flexibility index (Phi) is 1.99. The average molecular weight is 215 g/mol. The second kappa shape index (κ2) is 3.35. The van der Waals surface area contributed by atoms with Crippen molar-refractivity contribution in [1.29, 1.82) is 0 Å². The normalized spacial score (nSPS) is 19.5. The highest BCUT2D eigenvalue weighted by Crippen LogP contribution is 2.31. The molecule has 3 heteroatoms. The number of rotatable bonds is 1. The largest absolute Gasteiger partial charge is 0.336 e. The Hall–Kier alpha value is -1.35. The van der Waals surface area contributed by atoms with Crippen LogP contribution >= 0.6 is 12.2 Å². The Morgan fingerprint density at radius 3 is 2.40 bits per heavy atom. The molecule has 1 aliphatic heterocycles. The molecule has 0 saturated carbocycles. The Morgan fingerprint density at radius 2 is 1.87 bits per heavy atom. The van der Waals surface area contributed by atoms with Gasteiger partial charge in [-0.15, -0.1) is 0 Å². The molecular weight excluding hydrogens is 204 g/mol. The summed E-state index contributed by atoms with van der Waals surface area (Å²) in [5.74, 6) is 0.510. The summed E-state index contributed by atoms with van der Waals surface area (Å²) in [4.78, 5) is 0. The van der Waals surface area contributed by atoms with Gasteiger partial charge in [0.2, 0.25) is 0 Å². The van der Waals surface area contributed by atoms with Crippen LogP contribution in [0.5, 0.6) is 0 Å². The van der Waals surface area contributed by atoms with Crippen LogP contribution in [0, 0.1) is 5.92 Å². The predicted octanol–water partition coefficient (Wildman–Crippen LogP) is 1.74. The molecule has 1 aromatic rings. The molecule has 1 aliphatic carbocycles. The van der Waals surface area contributed by atoms with Crippen LogP contribution in [0.3, 0.4) is 0 Å². The van der Waals surface area contributed by atoms with E-state index in [4.69, 9.17) is 12.2 Å². The average Bonchev–Trinajstić information content (AvgIpc) is 2.82. The monoisotopic (exact) mass is 215 g/mol. The first-order valence-corrected chi connectivity index (χ1v) is 5.53. The molecule has 75 valence electrons. The summed E-state index contributed by atoms with van der Waals surface area (Å²) >= 11 is 4.99. The Balaban J connectivity index is 1.82. The highest BCUT2D eigenvalue weighted by Gasteiger charge is 2.27. The zero-order chi connectivity index (χ0) is 10.3. The molecule has 2 nitrogen and oxygen atoms in total. The highest BCUT2D eigenvalue weighted by molar-refractivity contribution is 7.80. The van der Waals surface area contributed by atoms with E-state index in [1.165, 1.54) is 11.1 Å². The number of hydrogen-bond acceptors (Lipinski definition) is 1. The second-order valence-corrected chi connectivity index (χ2v) is 4.39. The maximum absolute atomic E-state index is 4.99. The summed E-state index contributed by atoms with van der Waals surface area (Å²) in [6.45, 7) is 0. The molecule has 0 bridgehead atoms. The molecule has 0 spiro atoms. The molecular formula is C12H11N2S. The summed E-state index contributed by atoms with van der Waals surface area (Å²) in [6.07, 6.45) is 4.13. The summed E-state index contributed by atoms with van der Waals surface area (Å²) in [7, 11) is 0. The number of nitrogens with one attached hydrogen (secondary N) is 1. The van der Waals surface area contributed by atoms with Crippen LogP contribution in [0.15, 0.2) is 36.2 Å². The minimum Gasteiger partial charge on any atom is -0.336 e. The van der Waals surface area contributed by atoms with Gasteiger partial charge in [-0.3, -0.25) is 0 Å². The zero-order valence-electron chi connectivity index (χ0n) is 8.23. The molecule has 0 aromatic heterocycles. The predicted molar refractivity (Wildman–Crippen MR) is 63.3 cm³/mol. The van der Waals surface area contributed by atoms with Gasteiger partial charge in [-0.2, -0.15) is 0 Å². The van der Waals surface area contributed by atoms with E-state index in [1.54, 1.807) is 0 Å². The standard InChI is InChI=1S/C12H11N2S/c15-12-13-7-11(14-12)10-5-8-3-1-2-4-9(8)6-10/h1-4,7,10H,5-6H2,(H,13,15). The van der Waals surface area contributed by atoms with Crippen molar-refractivity contribution < 1.29 is 0 Å². The molecule has 1 radical (unpaired) electrons. The van der Waals surface area contributed by atoms with Crippen molar-refractivity contribution >= 4 is 17.3 Å². The number of fused-ring (bicyclic) bond motifs is 1. The topological polar surface area (TPSA) is 26.1 Å². The van der Waals surface area contributed by atoms with Crippen LogP contribution in [0.25, 0.3) is 0 Å². The number of benzene rings is 1. The lowest BCUT2D eigenvalue weighted by molar-refractivity contribution is 0.633. The van der Waals surface area contributed by atoms with E-state index in [2.05, 4.69) is 34.9 Å². The Morgan fingerprint density at radius 1 is 1.20 bits per heavy atom. The van der Waals surface area contributed by atoms with E-state index in [-0.39, 0.29) is 0 Å². The molecule has 1 N–H and O–H groups in total. The SMILES string of the molecule is S=C1[N]C(C2Cc3ccccc3C2)=CN1. The van der Waals surface area contributed by atoms with Crippen LogP contribution in [0.1, 0.15) is 11.1 Å². The third kappa shape index (κ3) is 1.53. The molecule has 3 rings (SSSR count). The first-order chi connectivity index (χ1) is 7.33. The van der Waals surface area contributed by atoms with Gasteiger partial charge in [0.05, 0.1) is 5.70 Å². The van der Waals surface area contributed by atoms with Crippen molar-refractivity contribution in [2.24, 2.45) is 5.92 Å². The fraction of sp³-hybridized carbons (Fsp3) is 0.250. The molecule has 0 saturated heterocycles. The van der Waals surface area contributed by atoms with Gasteiger partial charge in [0.15, 0.2) is 5.11 Å². The molecule has 0 fully saturated rings. The molecule has 1 heterocycles. The van der Waals surface area contributed by atoms with Crippen molar-refractivity contribution in [3.63, 3.8) is 0 Å². The molecule has 0 unspecified atom stereocenters. The van der Waals surface area contributed by atoms with E-state index in [1.807, 2.05) is 6.20 Å². The smallest absolute Gasteiger partial charge is 0.197 e.